The monoisotopic (exact) mass is 605 g/mol. The van der Waals surface area contributed by atoms with Crippen LogP contribution in [-0.4, -0.2) is 99.3 Å². The third-order valence-corrected chi connectivity index (χ3v) is 8.67. The van der Waals surface area contributed by atoms with Gasteiger partial charge in [-0.25, -0.2) is 9.36 Å². The molecule has 1 aliphatic heterocycles. The lowest BCUT2D eigenvalue weighted by atomic mass is 10.1. The van der Waals surface area contributed by atoms with Crippen LogP contribution in [0.25, 0.3) is 0 Å². The Morgan fingerprint density at radius 3 is 2.34 bits per heavy atom. The highest BCUT2D eigenvalue weighted by atomic mass is 31.2. The summed E-state index contributed by atoms with van der Waals surface area (Å²) in [5.41, 5.74) is -0.940. The van der Waals surface area contributed by atoms with Gasteiger partial charge in [0.05, 0.1) is 32.8 Å². The zero-order valence-corrected chi connectivity index (χ0v) is 26.1. The van der Waals surface area contributed by atoms with Crippen molar-refractivity contribution in [3.8, 4) is 0 Å². The standard InChI is InChI=1S/C27H49N4O9P/c1-6-29(7-2)15-11-13-17-31(8-3,9-4)16-12-10-14-25(32)40-22-18-24(39-23(22)20-38-41(35,36)37)30-19-21(5)26(33)28-27(30)34/h19,22-24H,6-18,20H2,1-5H3,(H2-,28,33,34,35,36,37)/p+1. The third kappa shape index (κ3) is 11.4. The molecular formula is C27H50N4O9P+. The maximum Gasteiger partial charge on any atom is 0.469 e. The molecule has 0 saturated carbocycles. The summed E-state index contributed by atoms with van der Waals surface area (Å²) in [5.74, 6) is -0.448. The number of phosphoric ester groups is 1. The largest absolute Gasteiger partial charge is 0.469 e. The van der Waals surface area contributed by atoms with E-state index in [0.29, 0.717) is 6.42 Å². The summed E-state index contributed by atoms with van der Waals surface area (Å²) in [5, 5.41) is 0. The highest BCUT2D eigenvalue weighted by molar-refractivity contribution is 7.46. The van der Waals surface area contributed by atoms with Crippen molar-refractivity contribution in [3.63, 3.8) is 0 Å². The fraction of sp³-hybridized carbons (Fsp3) is 0.815. The molecule has 1 aromatic heterocycles. The van der Waals surface area contributed by atoms with E-state index in [-0.39, 0.29) is 18.4 Å². The average molecular weight is 606 g/mol. The predicted octanol–water partition coefficient (Wildman–Crippen LogP) is 2.30. The summed E-state index contributed by atoms with van der Waals surface area (Å²) in [7, 11) is -4.80. The zero-order valence-electron chi connectivity index (χ0n) is 25.2. The second-order valence-corrected chi connectivity index (χ2v) is 12.0. The molecule has 0 aromatic carbocycles. The topological polar surface area (TPSA) is 160 Å². The van der Waals surface area contributed by atoms with E-state index in [1.54, 1.807) is 0 Å². The van der Waals surface area contributed by atoms with Crippen molar-refractivity contribution in [2.45, 2.75) is 91.6 Å². The number of carbonyl (C=O) groups excluding carboxylic acids is 1. The quantitative estimate of drug-likeness (QED) is 0.0924. The molecule has 1 aromatic rings. The number of carbonyl (C=O) groups is 1. The number of nitrogens with one attached hydrogen (secondary N) is 1. The smallest absolute Gasteiger partial charge is 0.459 e. The molecule has 0 aliphatic carbocycles. The van der Waals surface area contributed by atoms with Gasteiger partial charge in [-0.2, -0.15) is 0 Å². The van der Waals surface area contributed by atoms with Gasteiger partial charge in [0.25, 0.3) is 5.56 Å². The molecule has 1 fully saturated rings. The first-order valence-corrected chi connectivity index (χ1v) is 16.3. The van der Waals surface area contributed by atoms with Crippen molar-refractivity contribution in [1.29, 1.82) is 0 Å². The summed E-state index contributed by atoms with van der Waals surface area (Å²) >= 11 is 0. The lowest BCUT2D eigenvalue weighted by molar-refractivity contribution is -0.925. The first-order chi connectivity index (χ1) is 19.4. The minimum Gasteiger partial charge on any atom is -0.459 e. The van der Waals surface area contributed by atoms with Crippen LogP contribution in [0.2, 0.25) is 0 Å². The van der Waals surface area contributed by atoms with Crippen molar-refractivity contribution in [1.82, 2.24) is 14.5 Å². The van der Waals surface area contributed by atoms with E-state index in [4.69, 9.17) is 19.3 Å². The molecule has 2 heterocycles. The molecule has 1 aliphatic rings. The lowest BCUT2D eigenvalue weighted by Crippen LogP contribution is -2.49. The number of nitrogens with zero attached hydrogens (tertiary/aromatic N) is 3. The summed E-state index contributed by atoms with van der Waals surface area (Å²) in [6.07, 6.45) is 2.66. The maximum atomic E-state index is 12.8. The van der Waals surface area contributed by atoms with Gasteiger partial charge >= 0.3 is 19.5 Å². The van der Waals surface area contributed by atoms with Gasteiger partial charge in [-0.05, 0) is 66.1 Å². The normalized spacial score (nSPS) is 19.7. The number of esters is 1. The number of aryl methyl sites for hydroxylation is 1. The van der Waals surface area contributed by atoms with Crippen LogP contribution in [-0.2, 0) is 23.4 Å². The van der Waals surface area contributed by atoms with Crippen LogP contribution in [0.1, 0.15) is 78.0 Å². The minimum absolute atomic E-state index is 0.0610. The fourth-order valence-electron chi connectivity index (χ4n) is 5.35. The molecule has 3 atom stereocenters. The van der Waals surface area contributed by atoms with Gasteiger partial charge in [-0.15, -0.1) is 0 Å². The summed E-state index contributed by atoms with van der Waals surface area (Å²) in [6, 6.07) is 0. The number of hydrogen-bond acceptors (Lipinski definition) is 8. The van der Waals surface area contributed by atoms with Crippen LogP contribution < -0.4 is 11.2 Å². The van der Waals surface area contributed by atoms with E-state index < -0.39 is 50.1 Å². The van der Waals surface area contributed by atoms with Gasteiger partial charge in [0.1, 0.15) is 18.4 Å². The van der Waals surface area contributed by atoms with Gasteiger partial charge in [-0.1, -0.05) is 13.8 Å². The van der Waals surface area contributed by atoms with Crippen LogP contribution in [0.5, 0.6) is 0 Å². The van der Waals surface area contributed by atoms with Gasteiger partial charge in [-0.3, -0.25) is 23.7 Å². The molecule has 13 nitrogen and oxygen atoms in total. The van der Waals surface area contributed by atoms with Gasteiger partial charge in [0, 0.05) is 24.6 Å². The van der Waals surface area contributed by atoms with E-state index >= 15 is 0 Å². The van der Waals surface area contributed by atoms with E-state index in [0.717, 1.165) is 56.7 Å². The number of hydrogen-bond donors (Lipinski definition) is 3. The molecule has 41 heavy (non-hydrogen) atoms. The van der Waals surface area contributed by atoms with Crippen molar-refractivity contribution in [2.24, 2.45) is 0 Å². The van der Waals surface area contributed by atoms with E-state index in [1.807, 2.05) is 0 Å². The number of ether oxygens (including phenoxy) is 2. The Morgan fingerprint density at radius 2 is 1.76 bits per heavy atom. The number of quaternary nitrogens is 1. The second kappa shape index (κ2) is 16.7. The molecule has 2 rings (SSSR count). The van der Waals surface area contributed by atoms with Gasteiger partial charge in [0.15, 0.2) is 0 Å². The zero-order chi connectivity index (χ0) is 30.6. The summed E-state index contributed by atoms with van der Waals surface area (Å²) in [6.45, 7) is 17.3. The number of aromatic nitrogens is 2. The fourth-order valence-corrected chi connectivity index (χ4v) is 5.69. The van der Waals surface area contributed by atoms with Crippen molar-refractivity contribution >= 4 is 13.8 Å². The van der Waals surface area contributed by atoms with Gasteiger partial charge < -0.3 is 28.6 Å². The van der Waals surface area contributed by atoms with E-state index in [1.165, 1.54) is 30.5 Å². The highest BCUT2D eigenvalue weighted by Gasteiger charge is 2.40. The van der Waals surface area contributed by atoms with Crippen LogP contribution in [0.3, 0.4) is 0 Å². The minimum atomic E-state index is -4.80. The molecule has 1 saturated heterocycles. The predicted molar refractivity (Wildman–Crippen MR) is 154 cm³/mol. The van der Waals surface area contributed by atoms with Crippen LogP contribution in [0.15, 0.2) is 15.8 Å². The average Bonchev–Trinajstić information content (AvgIpc) is 3.32. The number of unbranched alkanes of at least 4 members (excludes halogenated alkanes) is 2. The summed E-state index contributed by atoms with van der Waals surface area (Å²) < 4.78 is 29.5. The number of H-pyrrole nitrogens is 1. The van der Waals surface area contributed by atoms with Crippen molar-refractivity contribution < 1.29 is 37.6 Å². The third-order valence-electron chi connectivity index (χ3n) is 8.18. The molecule has 3 unspecified atom stereocenters. The SMILES string of the molecule is CCN(CC)CCCC[N+](CC)(CC)CCCCC(=O)OC1CC(n2cc(C)c(=O)[nH]c2=O)OC1COP(=O)(O)O. The second-order valence-electron chi connectivity index (χ2n) is 10.8. The Morgan fingerprint density at radius 1 is 1.12 bits per heavy atom. The Hall–Kier alpha value is -1.86. The van der Waals surface area contributed by atoms with E-state index in [2.05, 4.69) is 42.1 Å². The first-order valence-electron chi connectivity index (χ1n) is 14.8. The Balaban J connectivity index is 1.92. The molecule has 0 amide bonds. The van der Waals surface area contributed by atoms with Crippen LogP contribution in [0, 0.1) is 6.92 Å². The van der Waals surface area contributed by atoms with Crippen molar-refractivity contribution in [2.75, 3.05) is 52.4 Å². The van der Waals surface area contributed by atoms with Crippen LogP contribution in [0.4, 0.5) is 0 Å². The molecule has 236 valence electrons. The number of rotatable bonds is 19. The number of aromatic amines is 1. The molecule has 3 N–H and O–H groups in total. The molecule has 14 heteroatoms. The van der Waals surface area contributed by atoms with Crippen LogP contribution >= 0.6 is 7.82 Å². The van der Waals surface area contributed by atoms with Gasteiger partial charge in [0.2, 0.25) is 0 Å². The first kappa shape index (κ1) is 35.3. The van der Waals surface area contributed by atoms with Crippen molar-refractivity contribution in [3.05, 3.63) is 32.6 Å². The maximum absolute atomic E-state index is 12.8. The molecule has 0 spiro atoms. The molecule has 0 bridgehead atoms. The Kier molecular flexibility index (Phi) is 14.4. The van der Waals surface area contributed by atoms with E-state index in [9.17, 15) is 18.9 Å². The lowest BCUT2D eigenvalue weighted by Gasteiger charge is -2.37. The Bertz CT molecular complexity index is 1110. The number of phosphoric acid groups is 1. The molecular weight excluding hydrogens is 555 g/mol. The molecule has 0 radical (unpaired) electrons. The summed E-state index contributed by atoms with van der Waals surface area (Å²) in [4.78, 5) is 59.7. The Labute approximate surface area is 242 Å². The highest BCUT2D eigenvalue weighted by Crippen LogP contribution is 2.38.